The molecule has 0 saturated heterocycles. The van der Waals surface area contributed by atoms with E-state index in [2.05, 4.69) is 15.2 Å². The average Bonchev–Trinajstić information content (AvgIpc) is 2.21. The molecule has 0 unspecified atom stereocenters. The van der Waals surface area contributed by atoms with Crippen molar-refractivity contribution in [1.29, 1.82) is 0 Å². The van der Waals surface area contributed by atoms with Crippen molar-refractivity contribution in [2.45, 2.75) is 0 Å². The third kappa shape index (κ3) is 1.66. The maximum Gasteiger partial charge on any atom is 0.146 e. The highest BCUT2D eigenvalue weighted by Gasteiger charge is 2.01. The first-order valence-corrected chi connectivity index (χ1v) is 3.97. The topological polar surface area (TPSA) is 64.7 Å². The van der Waals surface area contributed by atoms with E-state index in [9.17, 15) is 4.39 Å². The Balaban J connectivity index is 2.40. The molecule has 0 saturated carbocycles. The van der Waals surface area contributed by atoms with Crippen molar-refractivity contribution in [1.82, 2.24) is 15.2 Å². The number of aromatic nitrogens is 3. The van der Waals surface area contributed by atoms with Crippen LogP contribution in [0.2, 0.25) is 0 Å². The van der Waals surface area contributed by atoms with Gasteiger partial charge in [0.05, 0.1) is 11.9 Å². The predicted molar refractivity (Wildman–Crippen MR) is 49.6 cm³/mol. The summed E-state index contributed by atoms with van der Waals surface area (Å²) < 4.78 is 12.5. The molecule has 0 fully saturated rings. The SMILES string of the molecule is Nc1ccc(-c2ccc(F)cn2)nn1. The number of nitrogens with two attached hydrogens (primary N) is 1. The lowest BCUT2D eigenvalue weighted by atomic mass is 10.2. The Morgan fingerprint density at radius 2 is 1.79 bits per heavy atom. The summed E-state index contributed by atoms with van der Waals surface area (Å²) in [4.78, 5) is 3.86. The van der Waals surface area contributed by atoms with E-state index in [1.54, 1.807) is 12.1 Å². The second-order valence-corrected chi connectivity index (χ2v) is 2.71. The lowest BCUT2D eigenvalue weighted by Crippen LogP contribution is -1.95. The Kier molecular flexibility index (Phi) is 2.06. The highest BCUT2D eigenvalue weighted by atomic mass is 19.1. The minimum atomic E-state index is -0.378. The van der Waals surface area contributed by atoms with Gasteiger partial charge in [-0.25, -0.2) is 4.39 Å². The summed E-state index contributed by atoms with van der Waals surface area (Å²) in [5.74, 6) is -0.0342. The van der Waals surface area contributed by atoms with E-state index >= 15 is 0 Å². The van der Waals surface area contributed by atoms with Gasteiger partial charge in [0.15, 0.2) is 0 Å². The molecule has 0 radical (unpaired) electrons. The molecular formula is C9H7FN4. The van der Waals surface area contributed by atoms with Crippen molar-refractivity contribution >= 4 is 5.82 Å². The monoisotopic (exact) mass is 190 g/mol. The first-order valence-electron chi connectivity index (χ1n) is 3.97. The van der Waals surface area contributed by atoms with Crippen LogP contribution in [0.3, 0.4) is 0 Å². The number of halogens is 1. The van der Waals surface area contributed by atoms with Gasteiger partial charge in [0, 0.05) is 0 Å². The summed E-state index contributed by atoms with van der Waals surface area (Å²) in [7, 11) is 0. The Labute approximate surface area is 79.6 Å². The lowest BCUT2D eigenvalue weighted by molar-refractivity contribution is 0.621. The van der Waals surface area contributed by atoms with E-state index in [0.717, 1.165) is 6.20 Å². The van der Waals surface area contributed by atoms with Gasteiger partial charge in [-0.15, -0.1) is 10.2 Å². The molecular weight excluding hydrogens is 183 g/mol. The van der Waals surface area contributed by atoms with Crippen LogP contribution in [0.4, 0.5) is 10.2 Å². The van der Waals surface area contributed by atoms with Gasteiger partial charge in [-0.1, -0.05) is 0 Å². The van der Waals surface area contributed by atoms with Crippen molar-refractivity contribution in [3.8, 4) is 11.4 Å². The van der Waals surface area contributed by atoms with Crippen molar-refractivity contribution in [2.75, 3.05) is 5.73 Å². The average molecular weight is 190 g/mol. The van der Waals surface area contributed by atoms with E-state index in [-0.39, 0.29) is 5.82 Å². The zero-order valence-electron chi connectivity index (χ0n) is 7.18. The van der Waals surface area contributed by atoms with E-state index in [1.165, 1.54) is 12.1 Å². The van der Waals surface area contributed by atoms with Gasteiger partial charge < -0.3 is 5.73 Å². The van der Waals surface area contributed by atoms with Gasteiger partial charge in [-0.2, -0.15) is 0 Å². The maximum atomic E-state index is 12.5. The highest BCUT2D eigenvalue weighted by Crippen LogP contribution is 2.13. The number of nitrogens with zero attached hydrogens (tertiary/aromatic N) is 3. The fraction of sp³-hybridized carbons (Fsp3) is 0. The van der Waals surface area contributed by atoms with Crippen LogP contribution in [0.1, 0.15) is 0 Å². The van der Waals surface area contributed by atoms with Crippen LogP contribution in [0.15, 0.2) is 30.5 Å². The molecule has 2 aromatic rings. The minimum absolute atomic E-state index is 0.343. The van der Waals surface area contributed by atoms with Crippen LogP contribution >= 0.6 is 0 Å². The second kappa shape index (κ2) is 3.37. The van der Waals surface area contributed by atoms with Crippen LogP contribution in [0, 0.1) is 5.82 Å². The standard InChI is InChI=1S/C9H7FN4/c10-6-1-2-7(12-5-6)8-3-4-9(11)14-13-8/h1-5H,(H2,11,14). The molecule has 0 amide bonds. The summed E-state index contributed by atoms with van der Waals surface area (Å²) in [6.45, 7) is 0. The van der Waals surface area contributed by atoms with Crippen molar-refractivity contribution in [3.05, 3.63) is 36.3 Å². The van der Waals surface area contributed by atoms with Crippen molar-refractivity contribution in [2.24, 2.45) is 0 Å². The fourth-order valence-electron chi connectivity index (χ4n) is 1.01. The largest absolute Gasteiger partial charge is 0.382 e. The van der Waals surface area contributed by atoms with Crippen LogP contribution < -0.4 is 5.73 Å². The molecule has 0 spiro atoms. The van der Waals surface area contributed by atoms with Crippen molar-refractivity contribution < 1.29 is 4.39 Å². The lowest BCUT2D eigenvalue weighted by Gasteiger charge is -1.98. The molecule has 0 aliphatic carbocycles. The third-order valence-corrected chi connectivity index (χ3v) is 1.67. The van der Waals surface area contributed by atoms with Crippen LogP contribution in [-0.2, 0) is 0 Å². The molecule has 2 heterocycles. The molecule has 70 valence electrons. The molecule has 14 heavy (non-hydrogen) atoms. The molecule has 0 aliphatic rings. The summed E-state index contributed by atoms with van der Waals surface area (Å²) in [6.07, 6.45) is 1.13. The molecule has 2 rings (SSSR count). The highest BCUT2D eigenvalue weighted by molar-refractivity contribution is 5.53. The van der Waals surface area contributed by atoms with E-state index in [1.807, 2.05) is 0 Å². The zero-order chi connectivity index (χ0) is 9.97. The molecule has 0 aromatic carbocycles. The van der Waals surface area contributed by atoms with Gasteiger partial charge in [0.25, 0.3) is 0 Å². The van der Waals surface area contributed by atoms with Gasteiger partial charge in [-0.05, 0) is 24.3 Å². The van der Waals surface area contributed by atoms with Crippen LogP contribution in [-0.4, -0.2) is 15.2 Å². The molecule has 5 heteroatoms. The number of hydrogen-bond acceptors (Lipinski definition) is 4. The number of anilines is 1. The Hall–Kier alpha value is -2.04. The predicted octanol–water partition coefficient (Wildman–Crippen LogP) is 1.26. The molecule has 0 bridgehead atoms. The minimum Gasteiger partial charge on any atom is -0.382 e. The number of nitrogen functional groups attached to an aromatic ring is 1. The molecule has 0 atom stereocenters. The Morgan fingerprint density at radius 1 is 1.00 bits per heavy atom. The molecule has 2 aromatic heterocycles. The van der Waals surface area contributed by atoms with Crippen LogP contribution in [0.5, 0.6) is 0 Å². The number of pyridine rings is 1. The number of rotatable bonds is 1. The molecule has 2 N–H and O–H groups in total. The molecule has 0 aliphatic heterocycles. The second-order valence-electron chi connectivity index (χ2n) is 2.71. The smallest absolute Gasteiger partial charge is 0.146 e. The quantitative estimate of drug-likeness (QED) is 0.735. The van der Waals surface area contributed by atoms with Gasteiger partial charge in [0.2, 0.25) is 0 Å². The zero-order valence-corrected chi connectivity index (χ0v) is 7.18. The number of hydrogen-bond donors (Lipinski definition) is 1. The van der Waals surface area contributed by atoms with Gasteiger partial charge >= 0.3 is 0 Å². The van der Waals surface area contributed by atoms with E-state index < -0.39 is 0 Å². The van der Waals surface area contributed by atoms with E-state index in [4.69, 9.17) is 5.73 Å². The Bertz CT molecular complexity index is 380. The fourth-order valence-corrected chi connectivity index (χ4v) is 1.01. The normalized spacial score (nSPS) is 10.1. The summed E-state index contributed by atoms with van der Waals surface area (Å²) in [5, 5.41) is 7.49. The molecule has 4 nitrogen and oxygen atoms in total. The van der Waals surface area contributed by atoms with E-state index in [0.29, 0.717) is 17.2 Å². The summed E-state index contributed by atoms with van der Waals surface area (Å²) in [6, 6.07) is 6.16. The van der Waals surface area contributed by atoms with Gasteiger partial charge in [-0.3, -0.25) is 4.98 Å². The first kappa shape index (κ1) is 8.55. The summed E-state index contributed by atoms with van der Waals surface area (Å²) in [5.41, 5.74) is 6.51. The first-order chi connectivity index (χ1) is 6.75. The maximum absolute atomic E-state index is 12.5. The Morgan fingerprint density at radius 3 is 2.36 bits per heavy atom. The van der Waals surface area contributed by atoms with Gasteiger partial charge in [0.1, 0.15) is 17.3 Å². The van der Waals surface area contributed by atoms with Crippen LogP contribution in [0.25, 0.3) is 11.4 Å². The third-order valence-electron chi connectivity index (χ3n) is 1.67. The summed E-state index contributed by atoms with van der Waals surface area (Å²) >= 11 is 0. The van der Waals surface area contributed by atoms with Crippen molar-refractivity contribution in [3.63, 3.8) is 0 Å².